The van der Waals surface area contributed by atoms with Gasteiger partial charge in [-0.3, -0.25) is 0 Å². The van der Waals surface area contributed by atoms with E-state index >= 15 is 0 Å². The van der Waals surface area contributed by atoms with Crippen LogP contribution < -0.4 is 11.1 Å². The predicted molar refractivity (Wildman–Crippen MR) is 82.7 cm³/mol. The Morgan fingerprint density at radius 2 is 2.38 bits per heavy atom. The Morgan fingerprint density at radius 3 is 2.94 bits per heavy atom. The van der Waals surface area contributed by atoms with Gasteiger partial charge in [0.05, 0.1) is 6.54 Å². The lowest BCUT2D eigenvalue weighted by Crippen LogP contribution is -2.33. The van der Waals surface area contributed by atoms with Gasteiger partial charge >= 0.3 is 0 Å². The Morgan fingerprint density at radius 1 is 1.62 bits per heavy atom. The summed E-state index contributed by atoms with van der Waals surface area (Å²) in [6.07, 6.45) is 0.987. The molecule has 1 aromatic heterocycles. The first-order valence-electron chi connectivity index (χ1n) is 4.89. The zero-order valence-corrected chi connectivity index (χ0v) is 12.5. The normalized spacial score (nSPS) is 10.7. The van der Waals surface area contributed by atoms with Gasteiger partial charge in [-0.25, -0.2) is 4.99 Å². The van der Waals surface area contributed by atoms with E-state index in [2.05, 4.69) is 34.4 Å². The molecule has 0 aliphatic rings. The molecule has 1 rings (SSSR count). The highest BCUT2D eigenvalue weighted by Gasteiger charge is 1.94. The Labute approximate surface area is 118 Å². The number of halogens is 1. The summed E-state index contributed by atoms with van der Waals surface area (Å²) in [5.41, 5.74) is 6.67. The second-order valence-corrected chi connectivity index (χ2v) is 4.45. The fourth-order valence-electron chi connectivity index (χ4n) is 1.04. The van der Waals surface area contributed by atoms with Gasteiger partial charge in [-0.1, -0.05) is 18.2 Å². The summed E-state index contributed by atoms with van der Waals surface area (Å²) in [7, 11) is 0. The number of hydrogen-bond acceptors (Lipinski definition) is 2. The summed E-state index contributed by atoms with van der Waals surface area (Å²) in [6, 6.07) is 4.17. The van der Waals surface area contributed by atoms with Crippen LogP contribution in [0.15, 0.2) is 34.7 Å². The fraction of sp³-hybridized carbons (Fsp3) is 0.364. The predicted octanol–water partition coefficient (Wildman–Crippen LogP) is 2.39. The van der Waals surface area contributed by atoms with Crippen LogP contribution in [-0.4, -0.2) is 19.0 Å². The van der Waals surface area contributed by atoms with E-state index in [9.17, 15) is 0 Å². The maximum absolute atomic E-state index is 5.66. The molecule has 0 aromatic carbocycles. The second-order valence-electron chi connectivity index (χ2n) is 3.41. The van der Waals surface area contributed by atoms with E-state index in [4.69, 9.17) is 5.73 Å². The lowest BCUT2D eigenvalue weighted by Gasteiger charge is -2.04. The van der Waals surface area contributed by atoms with Crippen molar-refractivity contribution in [2.24, 2.45) is 10.7 Å². The third kappa shape index (κ3) is 6.84. The molecule has 3 nitrogen and oxygen atoms in total. The number of nitrogens with two attached hydrogens (primary N) is 1. The standard InChI is InChI=1S/C11H17N3S.HI/c1-9(2)8-14-11(12)13-6-5-10-4-3-7-15-10;/h3-4,7H,1,5-6,8H2,2H3,(H3,12,13,14);1H. The molecule has 0 aliphatic heterocycles. The molecular formula is C11H18IN3S. The summed E-state index contributed by atoms with van der Waals surface area (Å²) >= 11 is 1.76. The first-order chi connectivity index (χ1) is 7.18. The van der Waals surface area contributed by atoms with Crippen LogP contribution in [0.5, 0.6) is 0 Å². The minimum Gasteiger partial charge on any atom is -0.370 e. The van der Waals surface area contributed by atoms with Crippen molar-refractivity contribution in [1.29, 1.82) is 0 Å². The van der Waals surface area contributed by atoms with Crippen molar-refractivity contribution in [3.05, 3.63) is 34.5 Å². The number of nitrogens with zero attached hydrogens (tertiary/aromatic N) is 1. The van der Waals surface area contributed by atoms with Crippen LogP contribution in [-0.2, 0) is 6.42 Å². The molecule has 0 bridgehead atoms. The number of rotatable bonds is 5. The maximum atomic E-state index is 5.66. The largest absolute Gasteiger partial charge is 0.370 e. The van der Waals surface area contributed by atoms with E-state index in [1.165, 1.54) is 4.88 Å². The fourth-order valence-corrected chi connectivity index (χ4v) is 1.75. The average molecular weight is 351 g/mol. The number of hydrogen-bond donors (Lipinski definition) is 2. The van der Waals surface area contributed by atoms with Gasteiger partial charge in [-0.15, -0.1) is 35.3 Å². The average Bonchev–Trinajstić information content (AvgIpc) is 2.67. The molecule has 0 saturated heterocycles. The molecule has 1 aromatic rings. The molecule has 1 heterocycles. The summed E-state index contributed by atoms with van der Waals surface area (Å²) < 4.78 is 0. The van der Waals surface area contributed by atoms with Crippen molar-refractivity contribution >= 4 is 41.3 Å². The highest BCUT2D eigenvalue weighted by atomic mass is 127. The molecule has 0 radical (unpaired) electrons. The Balaban J connectivity index is 0.00000225. The molecule has 0 fully saturated rings. The summed E-state index contributed by atoms with van der Waals surface area (Å²) in [4.78, 5) is 5.49. The van der Waals surface area contributed by atoms with Gasteiger partial charge in [0.15, 0.2) is 5.96 Å². The molecule has 3 N–H and O–H groups in total. The van der Waals surface area contributed by atoms with Crippen molar-refractivity contribution in [3.63, 3.8) is 0 Å². The van der Waals surface area contributed by atoms with E-state index in [1.54, 1.807) is 11.3 Å². The quantitative estimate of drug-likeness (QED) is 0.370. The molecule has 0 atom stereocenters. The van der Waals surface area contributed by atoms with Gasteiger partial charge in [0.25, 0.3) is 0 Å². The van der Waals surface area contributed by atoms with Crippen LogP contribution in [0.1, 0.15) is 11.8 Å². The van der Waals surface area contributed by atoms with E-state index in [0.717, 1.165) is 18.5 Å². The number of guanidine groups is 1. The molecule has 0 aliphatic carbocycles. The van der Waals surface area contributed by atoms with E-state index in [0.29, 0.717) is 12.5 Å². The van der Waals surface area contributed by atoms with Crippen LogP contribution in [0.2, 0.25) is 0 Å². The molecule has 5 heteroatoms. The minimum absolute atomic E-state index is 0. The minimum atomic E-state index is 0. The number of nitrogens with one attached hydrogen (secondary N) is 1. The Bertz CT molecular complexity index is 333. The van der Waals surface area contributed by atoms with Crippen molar-refractivity contribution in [2.45, 2.75) is 13.3 Å². The van der Waals surface area contributed by atoms with Gasteiger partial charge in [-0.05, 0) is 24.8 Å². The highest BCUT2D eigenvalue weighted by Crippen LogP contribution is 2.07. The Hall–Kier alpha value is -0.560. The van der Waals surface area contributed by atoms with Crippen LogP contribution in [0.4, 0.5) is 0 Å². The lowest BCUT2D eigenvalue weighted by atomic mass is 10.3. The van der Waals surface area contributed by atoms with E-state index in [-0.39, 0.29) is 24.0 Å². The SMILES string of the molecule is C=C(C)CN=C(N)NCCc1cccs1.I. The lowest BCUT2D eigenvalue weighted by molar-refractivity contribution is 0.862. The van der Waals surface area contributed by atoms with Crippen molar-refractivity contribution in [2.75, 3.05) is 13.1 Å². The van der Waals surface area contributed by atoms with Crippen LogP contribution in [0, 0.1) is 0 Å². The smallest absolute Gasteiger partial charge is 0.188 e. The summed E-state index contributed by atoms with van der Waals surface area (Å²) in [5.74, 6) is 0.495. The van der Waals surface area contributed by atoms with Gasteiger partial charge in [0, 0.05) is 11.4 Å². The number of thiophene rings is 1. The second kappa shape index (κ2) is 8.58. The monoisotopic (exact) mass is 351 g/mol. The van der Waals surface area contributed by atoms with Crippen molar-refractivity contribution < 1.29 is 0 Å². The topological polar surface area (TPSA) is 50.4 Å². The molecule has 90 valence electrons. The molecular weight excluding hydrogens is 333 g/mol. The van der Waals surface area contributed by atoms with Crippen LogP contribution in [0.25, 0.3) is 0 Å². The molecule has 0 amide bonds. The maximum Gasteiger partial charge on any atom is 0.188 e. The van der Waals surface area contributed by atoms with Crippen LogP contribution >= 0.6 is 35.3 Å². The van der Waals surface area contributed by atoms with Crippen molar-refractivity contribution in [1.82, 2.24) is 5.32 Å². The zero-order valence-electron chi connectivity index (χ0n) is 9.40. The summed E-state index contributed by atoms with van der Waals surface area (Å²) in [6.45, 7) is 7.11. The molecule has 0 saturated carbocycles. The highest BCUT2D eigenvalue weighted by molar-refractivity contribution is 14.0. The first kappa shape index (κ1) is 15.4. The third-order valence-corrected chi connectivity index (χ3v) is 2.71. The third-order valence-electron chi connectivity index (χ3n) is 1.78. The van der Waals surface area contributed by atoms with Gasteiger partial charge in [0.2, 0.25) is 0 Å². The van der Waals surface area contributed by atoms with E-state index in [1.807, 2.05) is 6.92 Å². The Kier molecular flexibility index (Phi) is 8.28. The first-order valence-corrected chi connectivity index (χ1v) is 5.77. The van der Waals surface area contributed by atoms with E-state index < -0.39 is 0 Å². The van der Waals surface area contributed by atoms with Crippen LogP contribution in [0.3, 0.4) is 0 Å². The summed E-state index contributed by atoms with van der Waals surface area (Å²) in [5, 5.41) is 5.15. The number of aliphatic imine (C=N–C) groups is 1. The van der Waals surface area contributed by atoms with Crippen molar-refractivity contribution in [3.8, 4) is 0 Å². The van der Waals surface area contributed by atoms with Gasteiger partial charge in [0.1, 0.15) is 0 Å². The molecule has 0 spiro atoms. The molecule has 16 heavy (non-hydrogen) atoms. The van der Waals surface area contributed by atoms with Gasteiger partial charge < -0.3 is 11.1 Å². The molecule has 0 unspecified atom stereocenters. The zero-order chi connectivity index (χ0) is 11.1. The van der Waals surface area contributed by atoms with Gasteiger partial charge in [-0.2, -0.15) is 0 Å².